The number of aliphatic hydroxyl groups excluding tert-OH is 1. The number of anilines is 1. The summed E-state index contributed by atoms with van der Waals surface area (Å²) >= 11 is 0. The van der Waals surface area contributed by atoms with Crippen LogP contribution in [0.2, 0.25) is 0 Å². The molecule has 0 radical (unpaired) electrons. The van der Waals surface area contributed by atoms with E-state index in [1.54, 1.807) is 29.2 Å². The summed E-state index contributed by atoms with van der Waals surface area (Å²) in [4.78, 5) is 13.6. The van der Waals surface area contributed by atoms with Crippen LogP contribution in [-0.4, -0.2) is 42.2 Å². The van der Waals surface area contributed by atoms with Crippen LogP contribution in [0.1, 0.15) is 18.4 Å². The normalized spacial score (nSPS) is 23.5. The van der Waals surface area contributed by atoms with Crippen LogP contribution >= 0.6 is 0 Å². The molecule has 8 heteroatoms. The monoisotopic (exact) mass is 357 g/mol. The minimum absolute atomic E-state index is 0.0915. The van der Waals surface area contributed by atoms with E-state index in [4.69, 9.17) is 14.6 Å². The molecule has 0 spiro atoms. The van der Waals surface area contributed by atoms with Crippen LogP contribution in [0.3, 0.4) is 0 Å². The Morgan fingerprint density at radius 1 is 1.48 bits per heavy atom. The first-order chi connectivity index (χ1) is 11.8. The number of cyclic esters (lactones) is 1. The summed E-state index contributed by atoms with van der Waals surface area (Å²) < 4.78 is 47.4. The van der Waals surface area contributed by atoms with Crippen molar-refractivity contribution >= 4 is 11.8 Å². The Balaban J connectivity index is 1.68. The average Bonchev–Trinajstić information content (AvgIpc) is 2.90. The number of amides is 1. The first-order valence-corrected chi connectivity index (χ1v) is 7.94. The van der Waals surface area contributed by atoms with Gasteiger partial charge in [0.25, 0.3) is 0 Å². The van der Waals surface area contributed by atoms with E-state index in [1.165, 1.54) is 0 Å². The lowest BCUT2D eigenvalue weighted by Gasteiger charge is -2.30. The molecule has 5 nitrogen and oxygen atoms in total. The second kappa shape index (κ2) is 6.59. The number of aliphatic hydroxyl groups is 1. The first-order valence-electron chi connectivity index (χ1n) is 7.94. The molecule has 2 aliphatic heterocycles. The predicted molar refractivity (Wildman–Crippen MR) is 83.7 cm³/mol. The maximum Gasteiger partial charge on any atom is 0.415 e. The van der Waals surface area contributed by atoms with Crippen molar-refractivity contribution in [1.29, 1.82) is 0 Å². The Kier molecular flexibility index (Phi) is 4.64. The van der Waals surface area contributed by atoms with Gasteiger partial charge in [0.05, 0.1) is 18.3 Å². The van der Waals surface area contributed by atoms with E-state index in [-0.39, 0.29) is 18.8 Å². The summed E-state index contributed by atoms with van der Waals surface area (Å²) in [6.45, 7) is 3.42. The van der Waals surface area contributed by atoms with Crippen LogP contribution < -0.4 is 9.64 Å². The largest absolute Gasteiger partial charge is 0.493 e. The maximum atomic E-state index is 12.3. The molecule has 1 fully saturated rings. The van der Waals surface area contributed by atoms with Crippen LogP contribution in [0.15, 0.2) is 30.9 Å². The molecular weight excluding hydrogens is 339 g/mol. The van der Waals surface area contributed by atoms with Crippen molar-refractivity contribution in [2.24, 2.45) is 0 Å². The van der Waals surface area contributed by atoms with Gasteiger partial charge in [0, 0.05) is 6.42 Å². The van der Waals surface area contributed by atoms with Gasteiger partial charge >= 0.3 is 12.3 Å². The van der Waals surface area contributed by atoms with Gasteiger partial charge < -0.3 is 14.6 Å². The van der Waals surface area contributed by atoms with E-state index in [2.05, 4.69) is 6.58 Å². The van der Waals surface area contributed by atoms with Crippen molar-refractivity contribution in [1.82, 2.24) is 0 Å². The van der Waals surface area contributed by atoms with Gasteiger partial charge in [0.1, 0.15) is 11.9 Å². The van der Waals surface area contributed by atoms with Crippen molar-refractivity contribution in [3.05, 3.63) is 36.4 Å². The fraction of sp³-hybridized carbons (Fsp3) is 0.471. The summed E-state index contributed by atoms with van der Waals surface area (Å²) in [6.07, 6.45) is -5.37. The summed E-state index contributed by atoms with van der Waals surface area (Å²) in [5.41, 5.74) is 1.58. The van der Waals surface area contributed by atoms with E-state index in [0.717, 1.165) is 5.56 Å². The Morgan fingerprint density at radius 3 is 2.92 bits per heavy atom. The van der Waals surface area contributed by atoms with Crippen LogP contribution in [0, 0.1) is 0 Å². The number of carbonyl (C=O) groups excluding carboxylic acids is 1. The molecule has 0 aliphatic carbocycles. The topological polar surface area (TPSA) is 59.0 Å². The smallest absolute Gasteiger partial charge is 0.415 e. The third-order valence-corrected chi connectivity index (χ3v) is 4.43. The molecule has 1 N–H and O–H groups in total. The van der Waals surface area contributed by atoms with Gasteiger partial charge in [0.2, 0.25) is 0 Å². The van der Waals surface area contributed by atoms with Gasteiger partial charge in [-0.3, -0.25) is 4.90 Å². The number of carbonyl (C=O) groups is 1. The van der Waals surface area contributed by atoms with E-state index in [1.807, 2.05) is 0 Å². The molecule has 1 aromatic carbocycles. The minimum Gasteiger partial charge on any atom is -0.493 e. The molecule has 2 heterocycles. The lowest BCUT2D eigenvalue weighted by Crippen LogP contribution is -2.39. The van der Waals surface area contributed by atoms with Crippen LogP contribution in [0.25, 0.3) is 0 Å². The molecule has 2 aliphatic rings. The number of ether oxygens (including phenoxy) is 2. The Labute approximate surface area is 142 Å². The zero-order valence-corrected chi connectivity index (χ0v) is 13.3. The summed E-state index contributed by atoms with van der Waals surface area (Å²) in [5.74, 6) is 0.402. The molecule has 3 unspecified atom stereocenters. The molecule has 0 saturated carbocycles. The Bertz CT molecular complexity index is 676. The number of hydrogen-bond acceptors (Lipinski definition) is 4. The van der Waals surface area contributed by atoms with Gasteiger partial charge in [-0.2, -0.15) is 13.2 Å². The van der Waals surface area contributed by atoms with Crippen LogP contribution in [-0.2, 0) is 11.2 Å². The maximum absolute atomic E-state index is 12.3. The standard InChI is InChI=1S/C17H18F3NO4/c1-2-14-13-5-3-10-9-11(24-8-7-15(22)17(18,19)20)4-6-12(10)21(13)16(23)25-14/h2,4,6,9,13-15,22H,1,3,5,7-8H2. The highest BCUT2D eigenvalue weighted by Crippen LogP contribution is 2.39. The number of hydrogen-bond donors (Lipinski definition) is 1. The molecule has 0 aromatic heterocycles. The third kappa shape index (κ3) is 3.44. The van der Waals surface area contributed by atoms with Crippen molar-refractivity contribution in [3.63, 3.8) is 0 Å². The minimum atomic E-state index is -4.65. The fourth-order valence-electron chi connectivity index (χ4n) is 3.15. The number of halogens is 3. The lowest BCUT2D eigenvalue weighted by molar-refractivity contribution is -0.206. The van der Waals surface area contributed by atoms with Gasteiger partial charge in [-0.05, 0) is 42.7 Å². The van der Waals surface area contributed by atoms with Crippen molar-refractivity contribution in [2.75, 3.05) is 11.5 Å². The number of aryl methyl sites for hydroxylation is 1. The lowest BCUT2D eigenvalue weighted by atomic mass is 9.93. The molecule has 1 amide bonds. The SMILES string of the molecule is C=CC1OC(=O)N2c3ccc(OCCC(O)C(F)(F)F)cc3CCC12. The average molecular weight is 357 g/mol. The first kappa shape index (κ1) is 17.6. The van der Waals surface area contributed by atoms with Crippen LogP contribution in [0.4, 0.5) is 23.7 Å². The highest BCUT2D eigenvalue weighted by molar-refractivity contribution is 5.92. The quantitative estimate of drug-likeness (QED) is 0.822. The number of rotatable bonds is 5. The molecule has 0 bridgehead atoms. The summed E-state index contributed by atoms with van der Waals surface area (Å²) in [5, 5.41) is 8.96. The molecule has 1 aromatic rings. The second-order valence-corrected chi connectivity index (χ2v) is 6.05. The van der Waals surface area contributed by atoms with Gasteiger partial charge in [-0.25, -0.2) is 4.79 Å². The van der Waals surface area contributed by atoms with Crippen molar-refractivity contribution in [2.45, 2.75) is 43.7 Å². The van der Waals surface area contributed by atoms with Crippen molar-refractivity contribution in [3.8, 4) is 5.75 Å². The van der Waals surface area contributed by atoms with Gasteiger partial charge in [-0.1, -0.05) is 6.58 Å². The number of nitrogens with zero attached hydrogens (tertiary/aromatic N) is 1. The van der Waals surface area contributed by atoms with Crippen molar-refractivity contribution < 1.29 is 32.5 Å². The zero-order chi connectivity index (χ0) is 18.2. The fourth-order valence-corrected chi connectivity index (χ4v) is 3.15. The number of benzene rings is 1. The molecule has 25 heavy (non-hydrogen) atoms. The molecule has 3 rings (SSSR count). The van der Waals surface area contributed by atoms with E-state index in [9.17, 15) is 18.0 Å². The molecular formula is C17H18F3NO4. The van der Waals surface area contributed by atoms with Crippen LogP contribution in [0.5, 0.6) is 5.75 Å². The Morgan fingerprint density at radius 2 is 2.24 bits per heavy atom. The Hall–Kier alpha value is -2.22. The molecule has 136 valence electrons. The number of alkyl halides is 3. The molecule has 3 atom stereocenters. The van der Waals surface area contributed by atoms with Gasteiger partial charge in [-0.15, -0.1) is 0 Å². The van der Waals surface area contributed by atoms with E-state index < -0.39 is 24.8 Å². The van der Waals surface area contributed by atoms with E-state index >= 15 is 0 Å². The highest BCUT2D eigenvalue weighted by Gasteiger charge is 2.44. The predicted octanol–water partition coefficient (Wildman–Crippen LogP) is 3.20. The number of fused-ring (bicyclic) bond motifs is 3. The second-order valence-electron chi connectivity index (χ2n) is 6.05. The van der Waals surface area contributed by atoms with E-state index in [0.29, 0.717) is 24.3 Å². The zero-order valence-electron chi connectivity index (χ0n) is 13.3. The highest BCUT2D eigenvalue weighted by atomic mass is 19.4. The van der Waals surface area contributed by atoms with Gasteiger partial charge in [0.15, 0.2) is 6.10 Å². The molecule has 1 saturated heterocycles. The summed E-state index contributed by atoms with van der Waals surface area (Å²) in [7, 11) is 0. The third-order valence-electron chi connectivity index (χ3n) is 4.43. The summed E-state index contributed by atoms with van der Waals surface area (Å²) in [6, 6.07) is 4.91.